The minimum absolute atomic E-state index is 0.652. The van der Waals surface area contributed by atoms with Crippen LogP contribution in [0.3, 0.4) is 0 Å². The van der Waals surface area contributed by atoms with Crippen LogP contribution in [0.2, 0.25) is 0 Å². The summed E-state index contributed by atoms with van der Waals surface area (Å²) >= 11 is 0. The van der Waals surface area contributed by atoms with Gasteiger partial charge in [-0.1, -0.05) is 6.92 Å². The number of hydrogen-bond donors (Lipinski definition) is 1. The van der Waals surface area contributed by atoms with Gasteiger partial charge < -0.3 is 10.6 Å². The van der Waals surface area contributed by atoms with Gasteiger partial charge in [0.1, 0.15) is 0 Å². The number of rotatable bonds is 1. The number of hydrogen-bond acceptors (Lipinski definition) is 2. The van der Waals surface area contributed by atoms with E-state index in [1.54, 1.807) is 0 Å². The maximum absolute atomic E-state index is 5.86. The summed E-state index contributed by atoms with van der Waals surface area (Å²) in [6.45, 7) is 7.90. The smallest absolute Gasteiger partial charge is 0.0372 e. The predicted molar refractivity (Wildman–Crippen MR) is 70.8 cm³/mol. The highest BCUT2D eigenvalue weighted by molar-refractivity contribution is 5.58. The molecule has 1 aromatic rings. The maximum Gasteiger partial charge on any atom is 0.0372 e. The van der Waals surface area contributed by atoms with Crippen molar-refractivity contribution in [2.75, 3.05) is 17.2 Å². The molecule has 2 unspecified atom stereocenters. The molecule has 2 N–H and O–H groups in total. The van der Waals surface area contributed by atoms with Gasteiger partial charge >= 0.3 is 0 Å². The van der Waals surface area contributed by atoms with E-state index in [0.717, 1.165) is 11.6 Å². The molecule has 0 amide bonds. The molecule has 2 heteroatoms. The second-order valence-corrected chi connectivity index (χ2v) is 5.22. The van der Waals surface area contributed by atoms with E-state index in [0.29, 0.717) is 6.04 Å². The molecule has 0 saturated carbocycles. The minimum atomic E-state index is 0.652. The Bertz CT molecular complexity index is 373. The van der Waals surface area contributed by atoms with E-state index in [1.807, 2.05) is 6.07 Å². The van der Waals surface area contributed by atoms with E-state index in [2.05, 4.69) is 37.8 Å². The molecule has 1 fully saturated rings. The molecule has 0 aliphatic carbocycles. The minimum Gasteiger partial charge on any atom is -0.399 e. The van der Waals surface area contributed by atoms with Gasteiger partial charge in [0.2, 0.25) is 0 Å². The highest BCUT2D eigenvalue weighted by Gasteiger charge is 2.23. The first-order chi connectivity index (χ1) is 7.58. The Labute approximate surface area is 98.4 Å². The molecule has 1 aliphatic rings. The molecule has 1 saturated heterocycles. The van der Waals surface area contributed by atoms with Gasteiger partial charge in [-0.05, 0) is 56.4 Å². The summed E-state index contributed by atoms with van der Waals surface area (Å²) in [6.07, 6.45) is 2.65. The molecule has 1 aliphatic heterocycles. The first kappa shape index (κ1) is 11.3. The molecule has 1 aromatic carbocycles. The van der Waals surface area contributed by atoms with E-state index in [4.69, 9.17) is 5.73 Å². The largest absolute Gasteiger partial charge is 0.399 e. The second kappa shape index (κ2) is 4.36. The normalized spacial score (nSPS) is 25.8. The van der Waals surface area contributed by atoms with Crippen LogP contribution in [0.15, 0.2) is 18.2 Å². The quantitative estimate of drug-likeness (QED) is 0.733. The van der Waals surface area contributed by atoms with Crippen molar-refractivity contribution in [1.29, 1.82) is 0 Å². The Morgan fingerprint density at radius 1 is 1.25 bits per heavy atom. The zero-order valence-corrected chi connectivity index (χ0v) is 10.5. The Hall–Kier alpha value is -1.18. The molecule has 88 valence electrons. The number of nitrogens with zero attached hydrogens (tertiary/aromatic N) is 1. The van der Waals surface area contributed by atoms with Crippen LogP contribution in [-0.4, -0.2) is 12.6 Å². The average Bonchev–Trinajstić information content (AvgIpc) is 2.26. The third kappa shape index (κ3) is 2.16. The highest BCUT2D eigenvalue weighted by Crippen LogP contribution is 2.29. The van der Waals surface area contributed by atoms with Crippen molar-refractivity contribution in [3.63, 3.8) is 0 Å². The van der Waals surface area contributed by atoms with Gasteiger partial charge in [0.05, 0.1) is 0 Å². The summed E-state index contributed by atoms with van der Waals surface area (Å²) in [7, 11) is 0. The van der Waals surface area contributed by atoms with Crippen LogP contribution in [0.1, 0.15) is 32.3 Å². The van der Waals surface area contributed by atoms with Crippen LogP contribution in [0.5, 0.6) is 0 Å². The van der Waals surface area contributed by atoms with E-state index in [-0.39, 0.29) is 0 Å². The van der Waals surface area contributed by atoms with Crippen molar-refractivity contribution >= 4 is 11.4 Å². The van der Waals surface area contributed by atoms with Crippen LogP contribution in [0.4, 0.5) is 11.4 Å². The lowest BCUT2D eigenvalue weighted by molar-refractivity contribution is 0.390. The summed E-state index contributed by atoms with van der Waals surface area (Å²) in [6, 6.07) is 7.04. The van der Waals surface area contributed by atoms with Gasteiger partial charge in [-0.3, -0.25) is 0 Å². The fourth-order valence-corrected chi connectivity index (χ4v) is 2.49. The van der Waals surface area contributed by atoms with Crippen LogP contribution >= 0.6 is 0 Å². The second-order valence-electron chi connectivity index (χ2n) is 5.22. The van der Waals surface area contributed by atoms with Crippen LogP contribution < -0.4 is 10.6 Å². The number of nitrogens with two attached hydrogens (primary N) is 1. The standard InChI is InChI=1S/C14H22N2/c1-10-4-5-12(3)16(9-10)13-6-7-14(15)11(2)8-13/h6-8,10,12H,4-5,9,15H2,1-3H3. The SMILES string of the molecule is Cc1cc(N2CC(C)CCC2C)ccc1N. The Kier molecular flexibility index (Phi) is 3.08. The van der Waals surface area contributed by atoms with Crippen molar-refractivity contribution in [2.24, 2.45) is 5.92 Å². The Morgan fingerprint density at radius 2 is 2.00 bits per heavy atom. The van der Waals surface area contributed by atoms with Crippen LogP contribution in [0.25, 0.3) is 0 Å². The summed E-state index contributed by atoms with van der Waals surface area (Å²) in [5, 5.41) is 0. The van der Waals surface area contributed by atoms with Crippen molar-refractivity contribution in [3.05, 3.63) is 23.8 Å². The van der Waals surface area contributed by atoms with E-state index in [1.165, 1.54) is 30.6 Å². The molecule has 2 nitrogen and oxygen atoms in total. The first-order valence-corrected chi connectivity index (χ1v) is 6.20. The van der Waals surface area contributed by atoms with Gasteiger partial charge in [0.15, 0.2) is 0 Å². The van der Waals surface area contributed by atoms with Gasteiger partial charge in [-0.15, -0.1) is 0 Å². The zero-order chi connectivity index (χ0) is 11.7. The van der Waals surface area contributed by atoms with E-state index in [9.17, 15) is 0 Å². The summed E-state index contributed by atoms with van der Waals surface area (Å²) < 4.78 is 0. The predicted octanol–water partition coefficient (Wildman–Crippen LogP) is 3.20. The molecule has 0 spiro atoms. The van der Waals surface area contributed by atoms with E-state index < -0.39 is 0 Å². The lowest BCUT2D eigenvalue weighted by Crippen LogP contribution is -2.41. The molecule has 0 radical (unpaired) electrons. The van der Waals surface area contributed by atoms with Crippen molar-refractivity contribution in [3.8, 4) is 0 Å². The average molecular weight is 218 g/mol. The van der Waals surface area contributed by atoms with Crippen molar-refractivity contribution < 1.29 is 0 Å². The molecule has 0 aromatic heterocycles. The highest BCUT2D eigenvalue weighted by atomic mass is 15.2. The fraction of sp³-hybridized carbons (Fsp3) is 0.571. The lowest BCUT2D eigenvalue weighted by atomic mass is 9.94. The van der Waals surface area contributed by atoms with Crippen molar-refractivity contribution in [1.82, 2.24) is 0 Å². The number of anilines is 2. The Morgan fingerprint density at radius 3 is 2.69 bits per heavy atom. The molecular weight excluding hydrogens is 196 g/mol. The fourth-order valence-electron chi connectivity index (χ4n) is 2.49. The molecule has 0 bridgehead atoms. The van der Waals surface area contributed by atoms with E-state index >= 15 is 0 Å². The summed E-state index contributed by atoms with van der Waals surface area (Å²) in [4.78, 5) is 2.51. The topological polar surface area (TPSA) is 29.3 Å². The van der Waals surface area contributed by atoms with Gasteiger partial charge in [-0.25, -0.2) is 0 Å². The summed E-state index contributed by atoms with van der Waals surface area (Å²) in [5.41, 5.74) is 9.26. The third-order valence-corrected chi connectivity index (χ3v) is 3.70. The number of benzene rings is 1. The molecule has 16 heavy (non-hydrogen) atoms. The van der Waals surface area contributed by atoms with Crippen molar-refractivity contribution in [2.45, 2.75) is 39.7 Å². The molecule has 2 atom stereocenters. The molecule has 1 heterocycles. The summed E-state index contributed by atoms with van der Waals surface area (Å²) in [5.74, 6) is 0.800. The monoisotopic (exact) mass is 218 g/mol. The number of nitrogen functional groups attached to an aromatic ring is 1. The molecular formula is C14H22N2. The molecule has 2 rings (SSSR count). The van der Waals surface area contributed by atoms with Gasteiger partial charge in [0, 0.05) is 24.0 Å². The number of piperidine rings is 1. The third-order valence-electron chi connectivity index (χ3n) is 3.70. The first-order valence-electron chi connectivity index (χ1n) is 6.20. The lowest BCUT2D eigenvalue weighted by Gasteiger charge is -2.38. The Balaban J connectivity index is 2.24. The van der Waals surface area contributed by atoms with Crippen LogP contribution in [-0.2, 0) is 0 Å². The van der Waals surface area contributed by atoms with Gasteiger partial charge in [0.25, 0.3) is 0 Å². The van der Waals surface area contributed by atoms with Crippen LogP contribution in [0, 0.1) is 12.8 Å². The maximum atomic E-state index is 5.86. The zero-order valence-electron chi connectivity index (χ0n) is 10.5. The van der Waals surface area contributed by atoms with Gasteiger partial charge in [-0.2, -0.15) is 0 Å². The number of aryl methyl sites for hydroxylation is 1.